The summed E-state index contributed by atoms with van der Waals surface area (Å²) in [4.78, 5) is 13.5. The van der Waals surface area contributed by atoms with Crippen molar-refractivity contribution in [3.8, 4) is 0 Å². The van der Waals surface area contributed by atoms with E-state index >= 15 is 0 Å². The molecule has 0 bridgehead atoms. The van der Waals surface area contributed by atoms with Crippen LogP contribution in [-0.2, 0) is 14.8 Å². The molecule has 0 radical (unpaired) electrons. The second-order valence-electron chi connectivity index (χ2n) is 5.36. The van der Waals surface area contributed by atoms with E-state index in [0.29, 0.717) is 0 Å². The SMILES string of the molecule is O=C1[C@H](NS(=O)(=O)c2ccc(F)cc2)CCN1c1ccccc1F. The maximum Gasteiger partial charge on any atom is 0.245 e. The molecule has 1 saturated heterocycles. The molecule has 1 amide bonds. The summed E-state index contributed by atoms with van der Waals surface area (Å²) in [7, 11) is -3.97. The zero-order valence-electron chi connectivity index (χ0n) is 12.4. The van der Waals surface area contributed by atoms with Gasteiger partial charge in [-0.15, -0.1) is 0 Å². The molecule has 0 spiro atoms. The molecule has 5 nitrogen and oxygen atoms in total. The minimum Gasteiger partial charge on any atom is -0.308 e. The second kappa shape index (κ2) is 6.29. The zero-order chi connectivity index (χ0) is 17.3. The molecule has 1 atom stereocenters. The van der Waals surface area contributed by atoms with Gasteiger partial charge in [0.1, 0.15) is 17.7 Å². The number of hydrogen-bond acceptors (Lipinski definition) is 3. The molecular weight excluding hydrogens is 338 g/mol. The largest absolute Gasteiger partial charge is 0.308 e. The minimum atomic E-state index is -3.97. The summed E-state index contributed by atoms with van der Waals surface area (Å²) in [5.74, 6) is -1.63. The average Bonchev–Trinajstić information content (AvgIpc) is 2.89. The van der Waals surface area contributed by atoms with E-state index in [1.165, 1.54) is 23.1 Å². The summed E-state index contributed by atoms with van der Waals surface area (Å²) in [6, 6.07) is 9.10. The van der Waals surface area contributed by atoms with Crippen molar-refractivity contribution in [3.63, 3.8) is 0 Å². The monoisotopic (exact) mass is 352 g/mol. The Bertz CT molecular complexity index is 869. The van der Waals surface area contributed by atoms with Crippen molar-refractivity contribution in [1.82, 2.24) is 4.72 Å². The van der Waals surface area contributed by atoms with Crippen LogP contribution in [-0.4, -0.2) is 26.9 Å². The Labute approximate surface area is 138 Å². The fourth-order valence-corrected chi connectivity index (χ4v) is 3.79. The molecule has 8 heteroatoms. The van der Waals surface area contributed by atoms with Crippen LogP contribution >= 0.6 is 0 Å². The average molecular weight is 352 g/mol. The quantitative estimate of drug-likeness (QED) is 0.916. The Morgan fingerprint density at radius 2 is 1.71 bits per heavy atom. The number of benzene rings is 2. The van der Waals surface area contributed by atoms with Crippen LogP contribution < -0.4 is 9.62 Å². The van der Waals surface area contributed by atoms with Crippen molar-refractivity contribution in [2.75, 3.05) is 11.4 Å². The van der Waals surface area contributed by atoms with Crippen molar-refractivity contribution in [3.05, 3.63) is 60.2 Å². The second-order valence-corrected chi connectivity index (χ2v) is 7.07. The van der Waals surface area contributed by atoms with E-state index < -0.39 is 33.6 Å². The van der Waals surface area contributed by atoms with Crippen LogP contribution in [0.5, 0.6) is 0 Å². The third-order valence-corrected chi connectivity index (χ3v) is 5.26. The molecule has 2 aromatic rings. The zero-order valence-corrected chi connectivity index (χ0v) is 13.3. The lowest BCUT2D eigenvalue weighted by Crippen LogP contribution is -2.41. The van der Waals surface area contributed by atoms with Crippen LogP contribution in [0.4, 0.5) is 14.5 Å². The summed E-state index contributed by atoms with van der Waals surface area (Å²) in [6.45, 7) is 0.205. The highest BCUT2D eigenvalue weighted by molar-refractivity contribution is 7.89. The lowest BCUT2D eigenvalue weighted by Gasteiger charge is -2.18. The van der Waals surface area contributed by atoms with Crippen LogP contribution in [0.25, 0.3) is 0 Å². The number of nitrogens with one attached hydrogen (secondary N) is 1. The van der Waals surface area contributed by atoms with E-state index in [2.05, 4.69) is 4.72 Å². The Hall–Kier alpha value is -2.32. The first kappa shape index (κ1) is 16.5. The van der Waals surface area contributed by atoms with Crippen LogP contribution in [0.3, 0.4) is 0 Å². The molecule has 24 heavy (non-hydrogen) atoms. The number of nitrogens with zero attached hydrogens (tertiary/aromatic N) is 1. The van der Waals surface area contributed by atoms with Gasteiger partial charge in [-0.25, -0.2) is 17.2 Å². The van der Waals surface area contributed by atoms with Crippen LogP contribution in [0.15, 0.2) is 53.4 Å². The number of amides is 1. The van der Waals surface area contributed by atoms with E-state index in [4.69, 9.17) is 0 Å². The first-order valence-electron chi connectivity index (χ1n) is 7.22. The van der Waals surface area contributed by atoms with Crippen molar-refractivity contribution >= 4 is 21.6 Å². The summed E-state index contributed by atoms with van der Waals surface area (Å²) in [5, 5.41) is 0. The third-order valence-electron chi connectivity index (χ3n) is 3.77. The Morgan fingerprint density at radius 1 is 1.04 bits per heavy atom. The van der Waals surface area contributed by atoms with Gasteiger partial charge in [0.05, 0.1) is 10.6 Å². The molecule has 1 heterocycles. The third kappa shape index (κ3) is 3.15. The fraction of sp³-hybridized carbons (Fsp3) is 0.188. The molecule has 3 rings (SSSR count). The number of carbonyl (C=O) groups excluding carboxylic acids is 1. The van der Waals surface area contributed by atoms with Gasteiger partial charge in [-0.05, 0) is 42.8 Å². The number of rotatable bonds is 4. The Kier molecular flexibility index (Phi) is 4.33. The lowest BCUT2D eigenvalue weighted by atomic mass is 10.2. The highest BCUT2D eigenvalue weighted by Gasteiger charge is 2.36. The van der Waals surface area contributed by atoms with Gasteiger partial charge >= 0.3 is 0 Å². The van der Waals surface area contributed by atoms with Gasteiger partial charge in [0.2, 0.25) is 15.9 Å². The molecule has 1 aliphatic rings. The summed E-state index contributed by atoms with van der Waals surface area (Å²) in [5.41, 5.74) is 0.117. The number of sulfonamides is 1. The highest BCUT2D eigenvalue weighted by Crippen LogP contribution is 2.25. The number of para-hydroxylation sites is 1. The van der Waals surface area contributed by atoms with Crippen molar-refractivity contribution in [1.29, 1.82) is 0 Å². The van der Waals surface area contributed by atoms with Crippen LogP contribution in [0, 0.1) is 11.6 Å². The van der Waals surface area contributed by atoms with Gasteiger partial charge in [0.25, 0.3) is 0 Å². The van der Waals surface area contributed by atoms with Gasteiger partial charge in [-0.3, -0.25) is 4.79 Å². The van der Waals surface area contributed by atoms with Gasteiger partial charge in [-0.2, -0.15) is 4.72 Å². The maximum atomic E-state index is 13.8. The number of carbonyl (C=O) groups is 1. The lowest BCUT2D eigenvalue weighted by molar-refractivity contribution is -0.118. The number of anilines is 1. The molecule has 0 aliphatic carbocycles. The van der Waals surface area contributed by atoms with E-state index in [1.807, 2.05) is 0 Å². The van der Waals surface area contributed by atoms with Crippen molar-refractivity contribution < 1.29 is 22.0 Å². The fourth-order valence-electron chi connectivity index (χ4n) is 2.57. The Morgan fingerprint density at radius 3 is 2.38 bits per heavy atom. The molecule has 1 aliphatic heterocycles. The molecule has 2 aromatic carbocycles. The summed E-state index contributed by atoms with van der Waals surface area (Å²) >= 11 is 0. The number of halogens is 2. The molecule has 126 valence electrons. The minimum absolute atomic E-state index is 0.117. The van der Waals surface area contributed by atoms with Gasteiger partial charge < -0.3 is 4.90 Å². The molecule has 1 fully saturated rings. The van der Waals surface area contributed by atoms with Crippen LogP contribution in [0.1, 0.15) is 6.42 Å². The normalized spacial score (nSPS) is 18.2. The van der Waals surface area contributed by atoms with E-state index in [1.54, 1.807) is 6.07 Å². The maximum absolute atomic E-state index is 13.8. The van der Waals surface area contributed by atoms with E-state index in [9.17, 15) is 22.0 Å². The van der Waals surface area contributed by atoms with E-state index in [0.717, 1.165) is 24.3 Å². The standard InChI is InChI=1S/C16H14F2N2O3S/c17-11-5-7-12(8-6-11)24(22,23)19-14-9-10-20(16(14)21)15-4-2-1-3-13(15)18/h1-8,14,19H,9-10H2/t14-/m1/s1. The van der Waals surface area contributed by atoms with Gasteiger partial charge in [0, 0.05) is 6.54 Å². The smallest absolute Gasteiger partial charge is 0.245 e. The van der Waals surface area contributed by atoms with Gasteiger partial charge in [-0.1, -0.05) is 12.1 Å². The predicted molar refractivity (Wildman–Crippen MR) is 83.9 cm³/mol. The topological polar surface area (TPSA) is 66.5 Å². The predicted octanol–water partition coefficient (Wildman–Crippen LogP) is 2.05. The first-order chi connectivity index (χ1) is 11.4. The molecule has 0 saturated carbocycles. The molecule has 0 aromatic heterocycles. The molecule has 0 unspecified atom stereocenters. The van der Waals surface area contributed by atoms with Crippen LogP contribution in [0.2, 0.25) is 0 Å². The van der Waals surface area contributed by atoms with E-state index in [-0.39, 0.29) is 23.5 Å². The first-order valence-corrected chi connectivity index (χ1v) is 8.70. The Balaban J connectivity index is 1.79. The number of hydrogen-bond donors (Lipinski definition) is 1. The molecular formula is C16H14F2N2O3S. The van der Waals surface area contributed by atoms with Crippen molar-refractivity contribution in [2.24, 2.45) is 0 Å². The highest BCUT2D eigenvalue weighted by atomic mass is 32.2. The van der Waals surface area contributed by atoms with Gasteiger partial charge in [0.15, 0.2) is 0 Å². The van der Waals surface area contributed by atoms with Crippen molar-refractivity contribution in [2.45, 2.75) is 17.4 Å². The summed E-state index contributed by atoms with van der Waals surface area (Å²) in [6.07, 6.45) is 0.216. The molecule has 1 N–H and O–H groups in total. The summed E-state index contributed by atoms with van der Waals surface area (Å²) < 4.78 is 53.6.